The van der Waals surface area contributed by atoms with Crippen molar-refractivity contribution < 1.29 is 0 Å². The Bertz CT molecular complexity index is 457. The van der Waals surface area contributed by atoms with Crippen LogP contribution in [0.5, 0.6) is 0 Å². The van der Waals surface area contributed by atoms with Gasteiger partial charge in [0.1, 0.15) is 0 Å². The van der Waals surface area contributed by atoms with Crippen LogP contribution in [0, 0.1) is 18.3 Å². The van der Waals surface area contributed by atoms with E-state index in [1.807, 2.05) is 0 Å². The number of nitrogens with two attached hydrogens (primary N) is 1. The number of benzene rings is 1. The van der Waals surface area contributed by atoms with Crippen LogP contribution >= 0.6 is 0 Å². The molecule has 1 aromatic carbocycles. The molecule has 2 atom stereocenters. The van der Waals surface area contributed by atoms with Gasteiger partial charge in [0.25, 0.3) is 0 Å². The fraction of sp³-hybridized carbons (Fsp3) is 0.667. The molecule has 0 aliphatic carbocycles. The third kappa shape index (κ3) is 3.54. The Morgan fingerprint density at radius 1 is 1.35 bits per heavy atom. The highest BCUT2D eigenvalue weighted by atomic mass is 15.2. The van der Waals surface area contributed by atoms with Gasteiger partial charge in [-0.25, -0.2) is 0 Å². The van der Waals surface area contributed by atoms with E-state index in [2.05, 4.69) is 57.7 Å². The van der Waals surface area contributed by atoms with E-state index in [0.29, 0.717) is 5.41 Å². The van der Waals surface area contributed by atoms with Gasteiger partial charge in [0.05, 0.1) is 0 Å². The van der Waals surface area contributed by atoms with Crippen LogP contribution < -0.4 is 10.6 Å². The molecule has 1 aliphatic rings. The maximum atomic E-state index is 5.89. The third-order valence-corrected chi connectivity index (χ3v) is 4.57. The van der Waals surface area contributed by atoms with Gasteiger partial charge in [0, 0.05) is 24.8 Å². The predicted molar refractivity (Wildman–Crippen MR) is 88.3 cm³/mol. The first-order chi connectivity index (χ1) is 9.27. The van der Waals surface area contributed by atoms with Crippen molar-refractivity contribution in [3.63, 3.8) is 0 Å². The Labute approximate surface area is 124 Å². The lowest BCUT2D eigenvalue weighted by molar-refractivity contribution is 0.263. The Kier molecular flexibility index (Phi) is 4.43. The SMILES string of the molecule is Cc1cc(CC(C)N)ccc1N1CCC(C(C)(C)C)C1. The van der Waals surface area contributed by atoms with E-state index in [4.69, 9.17) is 5.73 Å². The van der Waals surface area contributed by atoms with Gasteiger partial charge in [-0.15, -0.1) is 0 Å². The molecule has 20 heavy (non-hydrogen) atoms. The molecular formula is C18H30N2. The Morgan fingerprint density at radius 3 is 2.55 bits per heavy atom. The molecule has 1 saturated heterocycles. The maximum absolute atomic E-state index is 5.89. The van der Waals surface area contributed by atoms with Gasteiger partial charge < -0.3 is 10.6 Å². The smallest absolute Gasteiger partial charge is 0.0396 e. The zero-order valence-electron chi connectivity index (χ0n) is 13.7. The van der Waals surface area contributed by atoms with Crippen molar-refractivity contribution in [1.29, 1.82) is 0 Å². The molecule has 2 unspecified atom stereocenters. The average Bonchev–Trinajstić information content (AvgIpc) is 2.77. The highest BCUT2D eigenvalue weighted by Gasteiger charge is 2.32. The number of anilines is 1. The lowest BCUT2D eigenvalue weighted by Gasteiger charge is -2.28. The Hall–Kier alpha value is -1.02. The quantitative estimate of drug-likeness (QED) is 0.909. The fourth-order valence-electron chi connectivity index (χ4n) is 3.26. The van der Waals surface area contributed by atoms with Crippen molar-refractivity contribution in [2.45, 2.75) is 53.5 Å². The number of hydrogen-bond donors (Lipinski definition) is 1. The van der Waals surface area contributed by atoms with Crippen LogP contribution in [0.1, 0.15) is 45.2 Å². The number of rotatable bonds is 3. The molecule has 0 aromatic heterocycles. The molecule has 1 aliphatic heterocycles. The van der Waals surface area contributed by atoms with Crippen molar-refractivity contribution >= 4 is 5.69 Å². The summed E-state index contributed by atoms with van der Waals surface area (Å²) >= 11 is 0. The topological polar surface area (TPSA) is 29.3 Å². The molecular weight excluding hydrogens is 244 g/mol. The Balaban J connectivity index is 2.11. The molecule has 0 radical (unpaired) electrons. The van der Waals surface area contributed by atoms with Crippen LogP contribution in [-0.4, -0.2) is 19.1 Å². The summed E-state index contributed by atoms with van der Waals surface area (Å²) in [4.78, 5) is 2.56. The van der Waals surface area contributed by atoms with Crippen molar-refractivity contribution in [3.05, 3.63) is 29.3 Å². The first-order valence-corrected chi connectivity index (χ1v) is 7.87. The second kappa shape index (κ2) is 5.77. The lowest BCUT2D eigenvalue weighted by Crippen LogP contribution is -2.26. The summed E-state index contributed by atoms with van der Waals surface area (Å²) in [5, 5.41) is 0. The summed E-state index contributed by atoms with van der Waals surface area (Å²) in [5.41, 5.74) is 10.5. The molecule has 2 N–H and O–H groups in total. The minimum atomic E-state index is 0.234. The first-order valence-electron chi connectivity index (χ1n) is 7.87. The van der Waals surface area contributed by atoms with Crippen LogP contribution in [-0.2, 0) is 6.42 Å². The second-order valence-corrected chi connectivity index (χ2v) is 7.60. The van der Waals surface area contributed by atoms with E-state index in [9.17, 15) is 0 Å². The van der Waals surface area contributed by atoms with Gasteiger partial charge in [-0.3, -0.25) is 0 Å². The van der Waals surface area contributed by atoms with Gasteiger partial charge in [-0.2, -0.15) is 0 Å². The highest BCUT2D eigenvalue weighted by Crippen LogP contribution is 2.36. The average molecular weight is 274 g/mol. The fourth-order valence-corrected chi connectivity index (χ4v) is 3.26. The molecule has 1 aromatic rings. The molecule has 0 spiro atoms. The highest BCUT2D eigenvalue weighted by molar-refractivity contribution is 5.55. The number of hydrogen-bond acceptors (Lipinski definition) is 2. The van der Waals surface area contributed by atoms with Crippen molar-refractivity contribution in [2.75, 3.05) is 18.0 Å². The Morgan fingerprint density at radius 2 is 2.05 bits per heavy atom. The van der Waals surface area contributed by atoms with E-state index >= 15 is 0 Å². The van der Waals surface area contributed by atoms with Crippen molar-refractivity contribution in [3.8, 4) is 0 Å². The molecule has 2 nitrogen and oxygen atoms in total. The van der Waals surface area contributed by atoms with Gasteiger partial charge in [-0.1, -0.05) is 32.9 Å². The molecule has 0 bridgehead atoms. The zero-order valence-corrected chi connectivity index (χ0v) is 13.7. The molecule has 1 heterocycles. The minimum absolute atomic E-state index is 0.234. The molecule has 0 saturated carbocycles. The van der Waals surface area contributed by atoms with Gasteiger partial charge in [0.2, 0.25) is 0 Å². The first kappa shape index (κ1) is 15.4. The third-order valence-electron chi connectivity index (χ3n) is 4.57. The van der Waals surface area contributed by atoms with Crippen LogP contribution in [0.3, 0.4) is 0 Å². The monoisotopic (exact) mass is 274 g/mol. The summed E-state index contributed by atoms with van der Waals surface area (Å²) in [6.45, 7) is 13.8. The second-order valence-electron chi connectivity index (χ2n) is 7.60. The standard InChI is InChI=1S/C18H30N2/c1-13-10-15(11-14(2)19)6-7-17(13)20-9-8-16(12-20)18(3,4)5/h6-7,10,14,16H,8-9,11-12,19H2,1-5H3. The summed E-state index contributed by atoms with van der Waals surface area (Å²) in [7, 11) is 0. The van der Waals surface area contributed by atoms with Crippen molar-refractivity contribution in [2.24, 2.45) is 17.1 Å². The van der Waals surface area contributed by atoms with Gasteiger partial charge in [0.15, 0.2) is 0 Å². The largest absolute Gasteiger partial charge is 0.371 e. The molecule has 1 fully saturated rings. The van der Waals surface area contributed by atoms with Crippen LogP contribution in [0.25, 0.3) is 0 Å². The molecule has 2 heteroatoms. The number of nitrogens with zero attached hydrogens (tertiary/aromatic N) is 1. The maximum Gasteiger partial charge on any atom is 0.0396 e. The molecule has 2 rings (SSSR count). The van der Waals surface area contributed by atoms with Crippen molar-refractivity contribution in [1.82, 2.24) is 0 Å². The summed E-state index contributed by atoms with van der Waals surface area (Å²) < 4.78 is 0. The van der Waals surface area contributed by atoms with Gasteiger partial charge in [-0.05, 0) is 55.2 Å². The summed E-state index contributed by atoms with van der Waals surface area (Å²) in [5.74, 6) is 0.797. The summed E-state index contributed by atoms with van der Waals surface area (Å²) in [6, 6.07) is 7.08. The lowest BCUT2D eigenvalue weighted by atomic mass is 9.80. The molecule has 112 valence electrons. The normalized spacial score (nSPS) is 21.3. The van der Waals surface area contributed by atoms with Gasteiger partial charge >= 0.3 is 0 Å². The summed E-state index contributed by atoms with van der Waals surface area (Å²) in [6.07, 6.45) is 2.27. The van der Waals surface area contributed by atoms with E-state index < -0.39 is 0 Å². The zero-order chi connectivity index (χ0) is 14.9. The van der Waals surface area contributed by atoms with Crippen LogP contribution in [0.15, 0.2) is 18.2 Å². The molecule has 0 amide bonds. The number of aryl methyl sites for hydroxylation is 1. The predicted octanol–water partition coefficient (Wildman–Crippen LogP) is 3.76. The van der Waals surface area contributed by atoms with E-state index in [1.54, 1.807) is 0 Å². The van der Waals surface area contributed by atoms with E-state index in [0.717, 1.165) is 12.3 Å². The van der Waals surface area contributed by atoms with E-state index in [1.165, 1.54) is 36.3 Å². The van der Waals surface area contributed by atoms with E-state index in [-0.39, 0.29) is 6.04 Å². The van der Waals surface area contributed by atoms with Crippen LogP contribution in [0.2, 0.25) is 0 Å². The minimum Gasteiger partial charge on any atom is -0.371 e. The van der Waals surface area contributed by atoms with Crippen LogP contribution in [0.4, 0.5) is 5.69 Å².